The van der Waals surface area contributed by atoms with Crippen LogP contribution in [-0.4, -0.2) is 28.3 Å². The van der Waals surface area contributed by atoms with Gasteiger partial charge in [0.2, 0.25) is 0 Å². The second kappa shape index (κ2) is 5.14. The smallest absolute Gasteiger partial charge is 0.189 e. The van der Waals surface area contributed by atoms with Gasteiger partial charge in [0, 0.05) is 23.6 Å². The van der Waals surface area contributed by atoms with Crippen LogP contribution < -0.4 is 5.32 Å². The van der Waals surface area contributed by atoms with Gasteiger partial charge in [-0.3, -0.25) is 0 Å². The molecule has 15 heavy (non-hydrogen) atoms. The predicted octanol–water partition coefficient (Wildman–Crippen LogP) is 2.28. The Balaban J connectivity index is 2.00. The molecule has 5 heteroatoms. The van der Waals surface area contributed by atoms with Crippen LogP contribution in [0.15, 0.2) is 11.4 Å². The maximum Gasteiger partial charge on any atom is 0.189 e. The topological polar surface area (TPSA) is 37.8 Å². The van der Waals surface area contributed by atoms with Crippen molar-refractivity contribution in [2.75, 3.05) is 13.1 Å². The van der Waals surface area contributed by atoms with E-state index in [1.807, 2.05) is 6.92 Å². The van der Waals surface area contributed by atoms with Crippen LogP contribution in [0.3, 0.4) is 0 Å². The van der Waals surface area contributed by atoms with E-state index >= 15 is 0 Å². The Morgan fingerprint density at radius 1 is 1.60 bits per heavy atom. The van der Waals surface area contributed by atoms with E-state index in [0.717, 1.165) is 23.8 Å². The van der Waals surface area contributed by atoms with Gasteiger partial charge in [-0.2, -0.15) is 0 Å². The fourth-order valence-corrected chi connectivity index (χ4v) is 2.75. The zero-order chi connectivity index (χ0) is 10.7. The van der Waals surface area contributed by atoms with E-state index in [2.05, 4.69) is 15.3 Å². The molecule has 0 spiro atoms. The molecule has 0 radical (unpaired) electrons. The predicted molar refractivity (Wildman–Crippen MR) is 63.5 cm³/mol. The standard InChI is InChI=1S/C10H14ClN3S/c1-7-5-13-10(14-9(7)11)15-8-3-2-4-12-6-8/h5,8,12H,2-4,6H2,1H3/t8-/m1/s1. The Morgan fingerprint density at radius 2 is 2.47 bits per heavy atom. The first kappa shape index (κ1) is 11.2. The van der Waals surface area contributed by atoms with Gasteiger partial charge in [0.15, 0.2) is 5.16 Å². The van der Waals surface area contributed by atoms with E-state index in [4.69, 9.17) is 11.6 Å². The zero-order valence-corrected chi connectivity index (χ0v) is 10.2. The minimum absolute atomic E-state index is 0.566. The number of hydrogen-bond acceptors (Lipinski definition) is 4. The summed E-state index contributed by atoms with van der Waals surface area (Å²) in [5, 5.41) is 5.31. The molecule has 3 nitrogen and oxygen atoms in total. The molecule has 0 bridgehead atoms. The van der Waals surface area contributed by atoms with Crippen molar-refractivity contribution in [2.45, 2.75) is 30.2 Å². The summed E-state index contributed by atoms with van der Waals surface area (Å²) in [6, 6.07) is 0. The van der Waals surface area contributed by atoms with Crippen LogP contribution in [0.4, 0.5) is 0 Å². The third kappa shape index (κ3) is 3.06. The Kier molecular flexibility index (Phi) is 3.83. The van der Waals surface area contributed by atoms with Crippen LogP contribution in [-0.2, 0) is 0 Å². The number of aryl methyl sites for hydroxylation is 1. The number of rotatable bonds is 2. The zero-order valence-electron chi connectivity index (χ0n) is 8.66. The Hall–Kier alpha value is -0.320. The average molecular weight is 244 g/mol. The number of aromatic nitrogens is 2. The lowest BCUT2D eigenvalue weighted by atomic mass is 10.2. The lowest BCUT2D eigenvalue weighted by Crippen LogP contribution is -2.31. The second-order valence-electron chi connectivity index (χ2n) is 3.71. The van der Waals surface area contributed by atoms with Gasteiger partial charge in [-0.15, -0.1) is 0 Å². The van der Waals surface area contributed by atoms with Crippen LogP contribution in [0.1, 0.15) is 18.4 Å². The van der Waals surface area contributed by atoms with Crippen molar-refractivity contribution in [1.29, 1.82) is 0 Å². The molecule has 82 valence electrons. The number of nitrogens with one attached hydrogen (secondary N) is 1. The highest BCUT2D eigenvalue weighted by Crippen LogP contribution is 2.25. The molecule has 2 heterocycles. The molecule has 1 aromatic rings. The van der Waals surface area contributed by atoms with E-state index in [1.165, 1.54) is 12.8 Å². The fourth-order valence-electron chi connectivity index (χ4n) is 1.53. The Bertz CT molecular complexity index is 339. The van der Waals surface area contributed by atoms with Crippen LogP contribution >= 0.6 is 23.4 Å². The summed E-state index contributed by atoms with van der Waals surface area (Å²) in [5.41, 5.74) is 0.933. The molecule has 0 unspecified atom stereocenters. The largest absolute Gasteiger partial charge is 0.316 e. The average Bonchev–Trinajstić information content (AvgIpc) is 2.25. The van der Waals surface area contributed by atoms with E-state index in [1.54, 1.807) is 18.0 Å². The molecule has 0 saturated carbocycles. The Labute approximate surface area is 99.0 Å². The van der Waals surface area contributed by atoms with E-state index in [0.29, 0.717) is 10.4 Å². The monoisotopic (exact) mass is 243 g/mol. The first-order valence-corrected chi connectivity index (χ1v) is 6.38. The van der Waals surface area contributed by atoms with Crippen LogP contribution in [0.2, 0.25) is 5.15 Å². The van der Waals surface area contributed by atoms with Gasteiger partial charge in [0.25, 0.3) is 0 Å². The van der Waals surface area contributed by atoms with Crippen LogP contribution in [0, 0.1) is 6.92 Å². The molecule has 1 aliphatic heterocycles. The summed E-state index contributed by atoms with van der Waals surface area (Å²) in [4.78, 5) is 8.53. The first-order chi connectivity index (χ1) is 7.25. The van der Waals surface area contributed by atoms with Crippen LogP contribution in [0.25, 0.3) is 0 Å². The summed E-state index contributed by atoms with van der Waals surface area (Å²) in [6.45, 7) is 4.09. The van der Waals surface area contributed by atoms with E-state index < -0.39 is 0 Å². The lowest BCUT2D eigenvalue weighted by Gasteiger charge is -2.21. The number of hydrogen-bond donors (Lipinski definition) is 1. The maximum absolute atomic E-state index is 5.95. The van der Waals surface area contributed by atoms with Crippen molar-refractivity contribution < 1.29 is 0 Å². The van der Waals surface area contributed by atoms with Crippen molar-refractivity contribution in [3.05, 3.63) is 16.9 Å². The third-order valence-electron chi connectivity index (χ3n) is 2.41. The third-order valence-corrected chi connectivity index (χ3v) is 3.94. The highest BCUT2D eigenvalue weighted by Gasteiger charge is 2.15. The van der Waals surface area contributed by atoms with Crippen LogP contribution in [0.5, 0.6) is 0 Å². The minimum atomic E-state index is 0.566. The van der Waals surface area contributed by atoms with Gasteiger partial charge in [-0.25, -0.2) is 9.97 Å². The first-order valence-electron chi connectivity index (χ1n) is 5.12. The minimum Gasteiger partial charge on any atom is -0.316 e. The Morgan fingerprint density at radius 3 is 3.13 bits per heavy atom. The number of piperidine rings is 1. The van der Waals surface area contributed by atoms with Gasteiger partial charge in [0.1, 0.15) is 5.15 Å². The van der Waals surface area contributed by atoms with E-state index in [9.17, 15) is 0 Å². The van der Waals surface area contributed by atoms with E-state index in [-0.39, 0.29) is 0 Å². The molecule has 0 aliphatic carbocycles. The van der Waals surface area contributed by atoms with Crippen molar-refractivity contribution in [3.63, 3.8) is 0 Å². The molecule has 1 saturated heterocycles. The summed E-state index contributed by atoms with van der Waals surface area (Å²) >= 11 is 7.67. The normalized spacial score (nSPS) is 21.6. The van der Waals surface area contributed by atoms with Crippen molar-refractivity contribution in [2.24, 2.45) is 0 Å². The number of halogens is 1. The summed E-state index contributed by atoms with van der Waals surface area (Å²) < 4.78 is 0. The number of nitrogens with zero attached hydrogens (tertiary/aromatic N) is 2. The molecule has 0 amide bonds. The lowest BCUT2D eigenvalue weighted by molar-refractivity contribution is 0.530. The van der Waals surface area contributed by atoms with Gasteiger partial charge in [-0.05, 0) is 26.3 Å². The van der Waals surface area contributed by atoms with Crippen molar-refractivity contribution in [3.8, 4) is 0 Å². The molecule has 1 aliphatic rings. The highest BCUT2D eigenvalue weighted by atomic mass is 35.5. The molecular weight excluding hydrogens is 230 g/mol. The van der Waals surface area contributed by atoms with Gasteiger partial charge >= 0.3 is 0 Å². The fraction of sp³-hybridized carbons (Fsp3) is 0.600. The van der Waals surface area contributed by atoms with Crippen molar-refractivity contribution >= 4 is 23.4 Å². The molecule has 2 rings (SSSR count). The quantitative estimate of drug-likeness (QED) is 0.639. The summed E-state index contributed by atoms with van der Waals surface area (Å²) in [7, 11) is 0. The molecule has 1 atom stereocenters. The van der Waals surface area contributed by atoms with Crippen molar-refractivity contribution in [1.82, 2.24) is 15.3 Å². The molecule has 1 N–H and O–H groups in total. The molecule has 1 fully saturated rings. The van der Waals surface area contributed by atoms with Gasteiger partial charge < -0.3 is 5.32 Å². The molecule has 0 aromatic carbocycles. The maximum atomic E-state index is 5.95. The second-order valence-corrected chi connectivity index (χ2v) is 5.34. The molecule has 1 aromatic heterocycles. The summed E-state index contributed by atoms with van der Waals surface area (Å²) in [5.74, 6) is 0. The SMILES string of the molecule is Cc1cnc(S[C@@H]2CCCNC2)nc1Cl. The number of thioether (sulfide) groups is 1. The highest BCUT2D eigenvalue weighted by molar-refractivity contribution is 7.99. The molecular formula is C10H14ClN3S. The van der Waals surface area contributed by atoms with Gasteiger partial charge in [0.05, 0.1) is 0 Å². The summed E-state index contributed by atoms with van der Waals surface area (Å²) in [6.07, 6.45) is 4.25. The van der Waals surface area contributed by atoms with Gasteiger partial charge in [-0.1, -0.05) is 23.4 Å².